The largest absolute Gasteiger partial charge is 0.462 e. The molecule has 5 heteroatoms. The predicted molar refractivity (Wildman–Crippen MR) is 59.7 cm³/mol. The van der Waals surface area contributed by atoms with Gasteiger partial charge in [-0.2, -0.15) is 8.78 Å². The monoisotopic (exact) mass is 243 g/mol. The zero-order chi connectivity index (χ0) is 12.7. The van der Waals surface area contributed by atoms with Gasteiger partial charge < -0.3 is 10.1 Å². The maximum Gasteiger partial charge on any atom is 0.378 e. The number of esters is 1. The van der Waals surface area contributed by atoms with E-state index in [-0.39, 0.29) is 13.2 Å². The van der Waals surface area contributed by atoms with Crippen molar-refractivity contribution in [2.45, 2.75) is 19.4 Å². The van der Waals surface area contributed by atoms with Crippen LogP contribution >= 0.6 is 0 Å². The van der Waals surface area contributed by atoms with E-state index in [2.05, 4.69) is 10.1 Å². The van der Waals surface area contributed by atoms with Gasteiger partial charge in [0.25, 0.3) is 0 Å². The van der Waals surface area contributed by atoms with Crippen LogP contribution in [0.4, 0.5) is 8.78 Å². The van der Waals surface area contributed by atoms with E-state index < -0.39 is 18.4 Å². The third kappa shape index (κ3) is 4.48. The van der Waals surface area contributed by atoms with E-state index in [1.165, 1.54) is 6.92 Å². The fourth-order valence-corrected chi connectivity index (χ4v) is 1.27. The second-order valence-corrected chi connectivity index (χ2v) is 3.51. The maximum absolute atomic E-state index is 13.2. The summed E-state index contributed by atoms with van der Waals surface area (Å²) in [5.41, 5.74) is 0.882. The van der Waals surface area contributed by atoms with Gasteiger partial charge in [0.1, 0.15) is 0 Å². The number of hydrogen-bond acceptors (Lipinski definition) is 3. The van der Waals surface area contributed by atoms with Crippen molar-refractivity contribution in [3.63, 3.8) is 0 Å². The van der Waals surface area contributed by atoms with Gasteiger partial charge >= 0.3 is 11.9 Å². The molecule has 1 rings (SSSR count). The third-order valence-electron chi connectivity index (χ3n) is 2.09. The molecule has 1 N–H and O–H groups in total. The van der Waals surface area contributed by atoms with Crippen LogP contribution in [0.2, 0.25) is 0 Å². The van der Waals surface area contributed by atoms with Crippen molar-refractivity contribution in [2.75, 3.05) is 13.2 Å². The molecule has 0 aliphatic heterocycles. The van der Waals surface area contributed by atoms with E-state index in [0.29, 0.717) is 0 Å². The average Bonchev–Trinajstić information content (AvgIpc) is 2.30. The first-order valence-corrected chi connectivity index (χ1v) is 5.36. The van der Waals surface area contributed by atoms with Crippen LogP contribution in [0.5, 0.6) is 0 Å². The minimum Gasteiger partial charge on any atom is -0.462 e. The minimum atomic E-state index is -3.48. The molecule has 3 nitrogen and oxygen atoms in total. The van der Waals surface area contributed by atoms with Gasteiger partial charge in [-0.1, -0.05) is 30.3 Å². The van der Waals surface area contributed by atoms with Crippen LogP contribution in [0.15, 0.2) is 30.3 Å². The molecule has 0 unspecified atom stereocenters. The highest BCUT2D eigenvalue weighted by Gasteiger charge is 2.39. The van der Waals surface area contributed by atoms with Gasteiger partial charge in [-0.3, -0.25) is 0 Å². The Morgan fingerprint density at radius 3 is 2.59 bits per heavy atom. The summed E-state index contributed by atoms with van der Waals surface area (Å²) in [6.07, 6.45) is 0. The van der Waals surface area contributed by atoms with Gasteiger partial charge in [0.05, 0.1) is 13.2 Å². The van der Waals surface area contributed by atoms with Crippen molar-refractivity contribution in [1.29, 1.82) is 0 Å². The van der Waals surface area contributed by atoms with Gasteiger partial charge in [-0.25, -0.2) is 4.79 Å². The van der Waals surface area contributed by atoms with Crippen molar-refractivity contribution in [3.05, 3.63) is 35.9 Å². The Morgan fingerprint density at radius 1 is 1.35 bits per heavy atom. The number of hydrogen-bond donors (Lipinski definition) is 1. The third-order valence-corrected chi connectivity index (χ3v) is 2.09. The molecule has 17 heavy (non-hydrogen) atoms. The van der Waals surface area contributed by atoms with E-state index in [0.717, 1.165) is 5.56 Å². The van der Waals surface area contributed by atoms with Crippen LogP contribution in [0, 0.1) is 0 Å². The molecule has 1 aromatic carbocycles. The predicted octanol–water partition coefficient (Wildman–Crippen LogP) is 1.97. The van der Waals surface area contributed by atoms with Crippen LogP contribution in [-0.2, 0) is 16.1 Å². The summed E-state index contributed by atoms with van der Waals surface area (Å²) < 4.78 is 30.6. The van der Waals surface area contributed by atoms with Gasteiger partial charge in [-0.05, 0) is 12.5 Å². The van der Waals surface area contributed by atoms with E-state index in [4.69, 9.17) is 0 Å². The fourth-order valence-electron chi connectivity index (χ4n) is 1.27. The molecule has 0 atom stereocenters. The number of rotatable bonds is 6. The Morgan fingerprint density at radius 2 is 2.00 bits per heavy atom. The zero-order valence-electron chi connectivity index (χ0n) is 9.58. The second kappa shape index (κ2) is 6.30. The van der Waals surface area contributed by atoms with E-state index in [1.54, 1.807) is 0 Å². The van der Waals surface area contributed by atoms with Crippen LogP contribution in [0.1, 0.15) is 12.5 Å². The highest BCUT2D eigenvalue weighted by Crippen LogP contribution is 2.14. The van der Waals surface area contributed by atoms with Crippen molar-refractivity contribution in [2.24, 2.45) is 0 Å². The number of benzene rings is 1. The average molecular weight is 243 g/mol. The summed E-state index contributed by atoms with van der Waals surface area (Å²) in [5, 5.41) is 2.53. The summed E-state index contributed by atoms with van der Waals surface area (Å²) in [6, 6.07) is 9.11. The summed E-state index contributed by atoms with van der Waals surface area (Å²) in [5.74, 6) is -4.97. The van der Waals surface area contributed by atoms with Gasteiger partial charge in [0, 0.05) is 6.54 Å². The molecule has 0 aliphatic carbocycles. The summed E-state index contributed by atoms with van der Waals surface area (Å²) in [6.45, 7) is 1.01. The SMILES string of the molecule is CCOC(=O)C(F)(F)CNCc1ccccc1. The first-order valence-electron chi connectivity index (χ1n) is 5.36. The molecular weight excluding hydrogens is 228 g/mol. The lowest BCUT2D eigenvalue weighted by atomic mass is 10.2. The lowest BCUT2D eigenvalue weighted by Gasteiger charge is -2.15. The van der Waals surface area contributed by atoms with Gasteiger partial charge in [-0.15, -0.1) is 0 Å². The van der Waals surface area contributed by atoms with Crippen LogP contribution < -0.4 is 5.32 Å². The van der Waals surface area contributed by atoms with Gasteiger partial charge in [0.2, 0.25) is 0 Å². The molecule has 0 saturated heterocycles. The van der Waals surface area contributed by atoms with E-state index >= 15 is 0 Å². The normalized spacial score (nSPS) is 11.2. The van der Waals surface area contributed by atoms with Gasteiger partial charge in [0.15, 0.2) is 0 Å². The standard InChI is InChI=1S/C12H15F2NO2/c1-2-17-11(16)12(13,14)9-15-8-10-6-4-3-5-7-10/h3-7,15H,2,8-9H2,1H3. The maximum atomic E-state index is 13.2. The number of halogens is 2. The molecule has 1 aromatic rings. The molecule has 94 valence electrons. The van der Waals surface area contributed by atoms with Crippen molar-refractivity contribution in [3.8, 4) is 0 Å². The number of alkyl halides is 2. The van der Waals surface area contributed by atoms with E-state index in [9.17, 15) is 13.6 Å². The first kappa shape index (κ1) is 13.6. The molecule has 0 saturated carbocycles. The number of ether oxygens (including phenoxy) is 1. The topological polar surface area (TPSA) is 38.3 Å². The molecule has 0 amide bonds. The van der Waals surface area contributed by atoms with Crippen molar-refractivity contribution in [1.82, 2.24) is 5.32 Å². The Hall–Kier alpha value is -1.49. The lowest BCUT2D eigenvalue weighted by Crippen LogP contribution is -2.40. The molecule has 0 spiro atoms. The Balaban J connectivity index is 2.37. The molecule has 0 fully saturated rings. The smallest absolute Gasteiger partial charge is 0.378 e. The number of carbonyl (C=O) groups is 1. The van der Waals surface area contributed by atoms with Crippen molar-refractivity contribution < 1.29 is 18.3 Å². The summed E-state index contributed by atoms with van der Waals surface area (Å²) in [7, 11) is 0. The van der Waals surface area contributed by atoms with E-state index in [1.807, 2.05) is 30.3 Å². The summed E-state index contributed by atoms with van der Waals surface area (Å²) in [4.78, 5) is 10.9. The molecule has 0 aromatic heterocycles. The quantitative estimate of drug-likeness (QED) is 0.776. The minimum absolute atomic E-state index is 0.0485. The molecule has 0 bridgehead atoms. The number of carbonyl (C=O) groups excluding carboxylic acids is 1. The number of nitrogens with one attached hydrogen (secondary N) is 1. The molecule has 0 radical (unpaired) electrons. The fraction of sp³-hybridized carbons (Fsp3) is 0.417. The van der Waals surface area contributed by atoms with Crippen molar-refractivity contribution >= 4 is 5.97 Å². The molecular formula is C12H15F2NO2. The first-order chi connectivity index (χ1) is 8.06. The summed E-state index contributed by atoms with van der Waals surface area (Å²) >= 11 is 0. The van der Waals surface area contributed by atoms with Crippen LogP contribution in [-0.4, -0.2) is 25.0 Å². The highest BCUT2D eigenvalue weighted by molar-refractivity contribution is 5.77. The highest BCUT2D eigenvalue weighted by atomic mass is 19.3. The lowest BCUT2D eigenvalue weighted by molar-refractivity contribution is -0.170. The molecule has 0 heterocycles. The van der Waals surface area contributed by atoms with Crippen LogP contribution in [0.3, 0.4) is 0 Å². The Labute approximate surface area is 98.8 Å². The Bertz CT molecular complexity index is 355. The van der Waals surface area contributed by atoms with Crippen LogP contribution in [0.25, 0.3) is 0 Å². The zero-order valence-corrected chi connectivity index (χ0v) is 9.58. The molecule has 0 aliphatic rings. The Kier molecular flexibility index (Phi) is 5.03. The second-order valence-electron chi connectivity index (χ2n) is 3.51.